The van der Waals surface area contributed by atoms with Crippen LogP contribution < -0.4 is 10.1 Å². The molecule has 1 aromatic heterocycles. The Kier molecular flexibility index (Phi) is 3.52. The Balaban J connectivity index is 2.26. The van der Waals surface area contributed by atoms with Gasteiger partial charge in [-0.15, -0.1) is 0 Å². The second kappa shape index (κ2) is 5.27. The zero-order chi connectivity index (χ0) is 13.0. The lowest BCUT2D eigenvalue weighted by Crippen LogP contribution is -2.13. The molecule has 0 bridgehead atoms. The Morgan fingerprint density at radius 3 is 2.89 bits per heavy atom. The number of nitrogens with zero attached hydrogens (tertiary/aromatic N) is 1. The van der Waals surface area contributed by atoms with Gasteiger partial charge in [0.15, 0.2) is 0 Å². The van der Waals surface area contributed by atoms with Gasteiger partial charge in [-0.1, -0.05) is 0 Å². The molecule has 5 heteroatoms. The van der Waals surface area contributed by atoms with Gasteiger partial charge in [-0.05, 0) is 30.3 Å². The van der Waals surface area contributed by atoms with Gasteiger partial charge in [-0.25, -0.2) is 4.39 Å². The molecule has 0 atom stereocenters. The summed E-state index contributed by atoms with van der Waals surface area (Å²) in [5.41, 5.74) is 0.676. The van der Waals surface area contributed by atoms with Crippen LogP contribution >= 0.6 is 0 Å². The van der Waals surface area contributed by atoms with E-state index >= 15 is 0 Å². The van der Waals surface area contributed by atoms with E-state index in [2.05, 4.69) is 10.3 Å². The lowest BCUT2D eigenvalue weighted by Gasteiger charge is -2.09. The van der Waals surface area contributed by atoms with Gasteiger partial charge in [0, 0.05) is 6.20 Å². The van der Waals surface area contributed by atoms with Gasteiger partial charge in [-0.3, -0.25) is 9.78 Å². The first kappa shape index (κ1) is 12.0. The zero-order valence-corrected chi connectivity index (χ0v) is 9.68. The monoisotopic (exact) mass is 246 g/mol. The smallest absolute Gasteiger partial charge is 0.259 e. The molecular weight excluding hydrogens is 235 g/mol. The zero-order valence-electron chi connectivity index (χ0n) is 9.68. The Hall–Kier alpha value is -2.43. The first-order valence-corrected chi connectivity index (χ1v) is 5.25. The Bertz CT molecular complexity index is 558. The molecule has 18 heavy (non-hydrogen) atoms. The van der Waals surface area contributed by atoms with Crippen molar-refractivity contribution in [2.24, 2.45) is 0 Å². The predicted octanol–water partition coefficient (Wildman–Crippen LogP) is 2.48. The number of rotatable bonds is 3. The molecule has 0 aliphatic carbocycles. The van der Waals surface area contributed by atoms with E-state index in [9.17, 15) is 9.18 Å². The van der Waals surface area contributed by atoms with Crippen LogP contribution in [-0.2, 0) is 0 Å². The summed E-state index contributed by atoms with van der Waals surface area (Å²) in [6, 6.07) is 7.16. The molecule has 0 unspecified atom stereocenters. The highest BCUT2D eigenvalue weighted by molar-refractivity contribution is 6.06. The van der Waals surface area contributed by atoms with Crippen LogP contribution in [0.3, 0.4) is 0 Å². The first-order chi connectivity index (χ1) is 8.70. The third-order valence-corrected chi connectivity index (χ3v) is 2.33. The number of aromatic nitrogens is 1. The molecule has 0 saturated carbocycles. The van der Waals surface area contributed by atoms with Crippen LogP contribution in [-0.4, -0.2) is 18.0 Å². The van der Waals surface area contributed by atoms with Crippen LogP contribution in [0.25, 0.3) is 0 Å². The molecule has 0 spiro atoms. The number of amides is 1. The Labute approximate surface area is 103 Å². The summed E-state index contributed by atoms with van der Waals surface area (Å²) in [5, 5.41) is 2.61. The van der Waals surface area contributed by atoms with Gasteiger partial charge < -0.3 is 10.1 Å². The van der Waals surface area contributed by atoms with Gasteiger partial charge in [0.25, 0.3) is 5.91 Å². The molecule has 0 aliphatic rings. The van der Waals surface area contributed by atoms with Gasteiger partial charge in [0.2, 0.25) is 0 Å². The topological polar surface area (TPSA) is 51.2 Å². The number of nitrogens with one attached hydrogen (secondary N) is 1. The van der Waals surface area contributed by atoms with E-state index in [4.69, 9.17) is 4.74 Å². The highest BCUT2D eigenvalue weighted by atomic mass is 19.1. The molecule has 1 aromatic carbocycles. The van der Waals surface area contributed by atoms with Crippen LogP contribution in [0, 0.1) is 5.82 Å². The minimum atomic E-state index is -0.493. The Morgan fingerprint density at radius 2 is 2.22 bits per heavy atom. The van der Waals surface area contributed by atoms with E-state index in [1.165, 1.54) is 25.4 Å². The quantitative estimate of drug-likeness (QED) is 0.905. The molecule has 1 amide bonds. The molecule has 4 nitrogen and oxygen atoms in total. The number of halogens is 1. The number of carbonyl (C=O) groups is 1. The summed E-state index contributed by atoms with van der Waals surface area (Å²) in [6.07, 6.45) is 3.10. The van der Waals surface area contributed by atoms with Crippen molar-refractivity contribution in [3.05, 3.63) is 54.1 Å². The second-order valence-corrected chi connectivity index (χ2v) is 3.54. The van der Waals surface area contributed by atoms with Crippen molar-refractivity contribution in [2.45, 2.75) is 0 Å². The number of anilines is 1. The maximum Gasteiger partial charge on any atom is 0.259 e. The maximum absolute atomic E-state index is 13.1. The number of pyridine rings is 1. The summed E-state index contributed by atoms with van der Waals surface area (Å²) in [6.45, 7) is 0. The highest BCUT2D eigenvalue weighted by Gasteiger charge is 2.13. The standard InChI is InChI=1S/C13H11FN2O2/c1-18-12-5-4-9(14)7-11(12)13(17)16-10-3-2-6-15-8-10/h2-8H,1H3,(H,16,17). The van der Waals surface area contributed by atoms with Crippen molar-refractivity contribution in [1.29, 1.82) is 0 Å². The normalized spacial score (nSPS) is 9.89. The number of methoxy groups -OCH3 is 1. The summed E-state index contributed by atoms with van der Waals surface area (Å²) < 4.78 is 18.2. The fourth-order valence-electron chi connectivity index (χ4n) is 1.49. The third-order valence-electron chi connectivity index (χ3n) is 2.33. The van der Waals surface area contributed by atoms with Gasteiger partial charge in [0.05, 0.1) is 24.6 Å². The summed E-state index contributed by atoms with van der Waals surface area (Å²) in [5.74, 6) is -0.621. The molecule has 0 fully saturated rings. The number of carbonyl (C=O) groups excluding carboxylic acids is 1. The van der Waals surface area contributed by atoms with E-state index in [-0.39, 0.29) is 5.56 Å². The first-order valence-electron chi connectivity index (χ1n) is 5.25. The largest absolute Gasteiger partial charge is 0.496 e. The summed E-state index contributed by atoms with van der Waals surface area (Å²) in [7, 11) is 1.42. The minimum absolute atomic E-state index is 0.140. The van der Waals surface area contributed by atoms with E-state index in [0.717, 1.165) is 6.07 Å². The van der Waals surface area contributed by atoms with E-state index in [1.807, 2.05) is 0 Å². The van der Waals surface area contributed by atoms with Crippen molar-refractivity contribution in [2.75, 3.05) is 12.4 Å². The SMILES string of the molecule is COc1ccc(F)cc1C(=O)Nc1cccnc1. The van der Waals surface area contributed by atoms with Gasteiger partial charge in [-0.2, -0.15) is 0 Å². The maximum atomic E-state index is 13.1. The molecule has 1 heterocycles. The van der Waals surface area contributed by atoms with E-state index < -0.39 is 11.7 Å². The van der Waals surface area contributed by atoms with E-state index in [0.29, 0.717) is 11.4 Å². The van der Waals surface area contributed by atoms with Crippen LogP contribution in [0.4, 0.5) is 10.1 Å². The molecule has 92 valence electrons. The summed E-state index contributed by atoms with van der Waals surface area (Å²) >= 11 is 0. The van der Waals surface area contributed by atoms with Crippen molar-refractivity contribution in [3.8, 4) is 5.75 Å². The predicted molar refractivity (Wildman–Crippen MR) is 65.1 cm³/mol. The number of ether oxygens (including phenoxy) is 1. The van der Waals surface area contributed by atoms with Crippen molar-refractivity contribution in [1.82, 2.24) is 4.98 Å². The van der Waals surface area contributed by atoms with Gasteiger partial charge >= 0.3 is 0 Å². The number of hydrogen-bond donors (Lipinski definition) is 1. The molecule has 2 rings (SSSR count). The highest BCUT2D eigenvalue weighted by Crippen LogP contribution is 2.20. The molecule has 2 aromatic rings. The second-order valence-electron chi connectivity index (χ2n) is 3.54. The molecule has 1 N–H and O–H groups in total. The average molecular weight is 246 g/mol. The lowest BCUT2D eigenvalue weighted by atomic mass is 10.2. The van der Waals surface area contributed by atoms with Crippen LogP contribution in [0.15, 0.2) is 42.7 Å². The summed E-state index contributed by atoms with van der Waals surface area (Å²) in [4.78, 5) is 15.8. The Morgan fingerprint density at radius 1 is 1.39 bits per heavy atom. The van der Waals surface area contributed by atoms with Crippen LogP contribution in [0.5, 0.6) is 5.75 Å². The van der Waals surface area contributed by atoms with Crippen molar-refractivity contribution < 1.29 is 13.9 Å². The minimum Gasteiger partial charge on any atom is -0.496 e. The molecule has 0 aliphatic heterocycles. The fourth-order valence-corrected chi connectivity index (χ4v) is 1.49. The van der Waals surface area contributed by atoms with Gasteiger partial charge in [0.1, 0.15) is 11.6 Å². The molecule has 0 saturated heterocycles. The van der Waals surface area contributed by atoms with Crippen molar-refractivity contribution in [3.63, 3.8) is 0 Å². The van der Waals surface area contributed by atoms with Crippen molar-refractivity contribution >= 4 is 11.6 Å². The third kappa shape index (κ3) is 2.63. The lowest BCUT2D eigenvalue weighted by molar-refractivity contribution is 0.102. The molecule has 0 radical (unpaired) electrons. The number of hydrogen-bond acceptors (Lipinski definition) is 3. The average Bonchev–Trinajstić information content (AvgIpc) is 2.40. The van der Waals surface area contributed by atoms with Crippen LogP contribution in [0.1, 0.15) is 10.4 Å². The fraction of sp³-hybridized carbons (Fsp3) is 0.0769. The van der Waals surface area contributed by atoms with E-state index in [1.54, 1.807) is 18.3 Å². The van der Waals surface area contributed by atoms with Crippen LogP contribution in [0.2, 0.25) is 0 Å². The molecular formula is C13H11FN2O2. The number of benzene rings is 1.